The lowest BCUT2D eigenvalue weighted by Gasteiger charge is -2.27. The van der Waals surface area contributed by atoms with Gasteiger partial charge in [0.1, 0.15) is 5.70 Å². The SMILES string of the molecule is O=C(NCc1ccccc1CN1CCOCC1)/C(=C/c1cccs1)NC(=O)c1ccccc1. The topological polar surface area (TPSA) is 70.7 Å². The highest BCUT2D eigenvalue weighted by atomic mass is 32.1. The van der Waals surface area contributed by atoms with Gasteiger partial charge in [-0.1, -0.05) is 48.5 Å². The molecule has 0 spiro atoms. The summed E-state index contributed by atoms with van der Waals surface area (Å²) in [5, 5.41) is 7.70. The summed E-state index contributed by atoms with van der Waals surface area (Å²) in [6.45, 7) is 4.49. The molecule has 2 aromatic carbocycles. The predicted molar refractivity (Wildman–Crippen MR) is 131 cm³/mol. The van der Waals surface area contributed by atoms with Crippen LogP contribution in [0.1, 0.15) is 26.4 Å². The van der Waals surface area contributed by atoms with Crippen LogP contribution >= 0.6 is 11.3 Å². The van der Waals surface area contributed by atoms with Crippen molar-refractivity contribution in [3.63, 3.8) is 0 Å². The first-order valence-electron chi connectivity index (χ1n) is 11.0. The van der Waals surface area contributed by atoms with Crippen LogP contribution in [0.25, 0.3) is 6.08 Å². The van der Waals surface area contributed by atoms with E-state index in [0.29, 0.717) is 12.1 Å². The van der Waals surface area contributed by atoms with E-state index in [1.807, 2.05) is 41.8 Å². The molecular formula is C26H27N3O3S. The zero-order valence-corrected chi connectivity index (χ0v) is 19.1. The molecule has 6 nitrogen and oxygen atoms in total. The van der Waals surface area contributed by atoms with Crippen LogP contribution in [0.2, 0.25) is 0 Å². The third-order valence-electron chi connectivity index (χ3n) is 5.41. The molecule has 2 heterocycles. The van der Waals surface area contributed by atoms with Gasteiger partial charge in [0.25, 0.3) is 11.8 Å². The van der Waals surface area contributed by atoms with Gasteiger partial charge in [-0.15, -0.1) is 11.3 Å². The van der Waals surface area contributed by atoms with Crippen LogP contribution in [0, 0.1) is 0 Å². The summed E-state index contributed by atoms with van der Waals surface area (Å²) in [5.74, 6) is -0.643. The van der Waals surface area contributed by atoms with Crippen molar-refractivity contribution in [3.8, 4) is 0 Å². The van der Waals surface area contributed by atoms with Crippen molar-refractivity contribution in [1.82, 2.24) is 15.5 Å². The number of nitrogens with zero attached hydrogens (tertiary/aromatic N) is 1. The summed E-state index contributed by atoms with van der Waals surface area (Å²) in [5.41, 5.74) is 2.95. The molecule has 4 rings (SSSR count). The largest absolute Gasteiger partial charge is 0.379 e. The number of rotatable bonds is 8. The van der Waals surface area contributed by atoms with Crippen LogP contribution in [-0.2, 0) is 22.6 Å². The number of benzene rings is 2. The van der Waals surface area contributed by atoms with Crippen molar-refractivity contribution < 1.29 is 14.3 Å². The van der Waals surface area contributed by atoms with Crippen LogP contribution in [-0.4, -0.2) is 43.0 Å². The minimum atomic E-state index is -0.325. The third kappa shape index (κ3) is 6.61. The zero-order valence-electron chi connectivity index (χ0n) is 18.3. The first-order chi connectivity index (χ1) is 16.2. The Morgan fingerprint density at radius 1 is 0.939 bits per heavy atom. The number of morpholine rings is 1. The van der Waals surface area contributed by atoms with Crippen molar-refractivity contribution in [2.75, 3.05) is 26.3 Å². The Hall–Kier alpha value is -3.26. The molecule has 0 atom stereocenters. The van der Waals surface area contributed by atoms with E-state index in [0.717, 1.165) is 43.3 Å². The fraction of sp³-hybridized carbons (Fsp3) is 0.231. The van der Waals surface area contributed by atoms with Gasteiger partial charge in [0.15, 0.2) is 0 Å². The Morgan fingerprint density at radius 3 is 2.39 bits per heavy atom. The lowest BCUT2D eigenvalue weighted by Crippen LogP contribution is -2.36. The molecule has 2 N–H and O–H groups in total. The lowest BCUT2D eigenvalue weighted by atomic mass is 10.1. The summed E-state index contributed by atoms with van der Waals surface area (Å²) in [6, 6.07) is 20.8. The molecule has 2 amide bonds. The van der Waals surface area contributed by atoms with E-state index < -0.39 is 0 Å². The monoisotopic (exact) mass is 461 g/mol. The third-order valence-corrected chi connectivity index (χ3v) is 6.23. The van der Waals surface area contributed by atoms with Crippen LogP contribution in [0.3, 0.4) is 0 Å². The standard InChI is InChI=1S/C26H27N3O3S/c30-25(20-7-2-1-3-8-20)28-24(17-23-11-6-16-33-23)26(31)27-18-21-9-4-5-10-22(21)19-29-12-14-32-15-13-29/h1-11,16-17H,12-15,18-19H2,(H,27,31)(H,28,30)/b24-17-. The average molecular weight is 462 g/mol. The van der Waals surface area contributed by atoms with Gasteiger partial charge in [0.2, 0.25) is 0 Å². The number of hydrogen-bond acceptors (Lipinski definition) is 5. The quantitative estimate of drug-likeness (QED) is 0.502. The average Bonchev–Trinajstić information content (AvgIpc) is 3.37. The Kier molecular flexibility index (Phi) is 8.03. The van der Waals surface area contributed by atoms with E-state index >= 15 is 0 Å². The maximum Gasteiger partial charge on any atom is 0.268 e. The fourth-order valence-corrected chi connectivity index (χ4v) is 4.27. The molecule has 0 aliphatic carbocycles. The number of thiophene rings is 1. The molecule has 1 aromatic heterocycles. The maximum atomic E-state index is 13.1. The highest BCUT2D eigenvalue weighted by molar-refractivity contribution is 7.10. The van der Waals surface area contributed by atoms with E-state index in [9.17, 15) is 9.59 Å². The molecule has 7 heteroatoms. The van der Waals surface area contributed by atoms with Gasteiger partial charge < -0.3 is 15.4 Å². The van der Waals surface area contributed by atoms with Crippen LogP contribution in [0.4, 0.5) is 0 Å². The Balaban J connectivity index is 1.46. The minimum Gasteiger partial charge on any atom is -0.379 e. The van der Waals surface area contributed by atoms with Gasteiger partial charge in [-0.3, -0.25) is 14.5 Å². The Labute approximate surface area is 197 Å². The second-order valence-electron chi connectivity index (χ2n) is 7.73. The predicted octanol–water partition coefficient (Wildman–Crippen LogP) is 3.67. The van der Waals surface area contributed by atoms with E-state index in [-0.39, 0.29) is 17.5 Å². The normalized spacial score (nSPS) is 14.6. The van der Waals surface area contributed by atoms with Crippen LogP contribution < -0.4 is 10.6 Å². The summed E-state index contributed by atoms with van der Waals surface area (Å²) in [6.07, 6.45) is 1.71. The van der Waals surface area contributed by atoms with Crippen molar-refractivity contribution >= 4 is 29.2 Å². The highest BCUT2D eigenvalue weighted by Gasteiger charge is 2.16. The van der Waals surface area contributed by atoms with Crippen molar-refractivity contribution in [3.05, 3.63) is 99.4 Å². The molecule has 0 radical (unpaired) electrons. The molecule has 3 aromatic rings. The first kappa shape index (κ1) is 22.9. The summed E-state index contributed by atoms with van der Waals surface area (Å²) in [7, 11) is 0. The second-order valence-corrected chi connectivity index (χ2v) is 8.71. The number of nitrogens with one attached hydrogen (secondary N) is 2. The molecule has 1 fully saturated rings. The van der Waals surface area contributed by atoms with Gasteiger partial charge in [-0.25, -0.2) is 0 Å². The number of hydrogen-bond donors (Lipinski definition) is 2. The molecule has 33 heavy (non-hydrogen) atoms. The van der Waals surface area contributed by atoms with Gasteiger partial charge in [0.05, 0.1) is 13.2 Å². The van der Waals surface area contributed by atoms with E-state index in [1.165, 1.54) is 16.9 Å². The second kappa shape index (κ2) is 11.6. The number of ether oxygens (including phenoxy) is 1. The molecule has 0 bridgehead atoms. The van der Waals surface area contributed by atoms with Gasteiger partial charge in [-0.2, -0.15) is 0 Å². The van der Waals surface area contributed by atoms with Crippen LogP contribution in [0.15, 0.2) is 77.8 Å². The van der Waals surface area contributed by atoms with Crippen molar-refractivity contribution in [2.24, 2.45) is 0 Å². The summed E-state index contributed by atoms with van der Waals surface area (Å²) >= 11 is 1.50. The number of amides is 2. The smallest absolute Gasteiger partial charge is 0.268 e. The van der Waals surface area contributed by atoms with E-state index in [1.54, 1.807) is 30.3 Å². The molecule has 1 saturated heterocycles. The molecule has 0 saturated carbocycles. The minimum absolute atomic E-state index is 0.219. The Bertz CT molecular complexity index is 1090. The molecule has 1 aliphatic rings. The van der Waals surface area contributed by atoms with Gasteiger partial charge in [0, 0.05) is 36.6 Å². The molecule has 0 unspecified atom stereocenters. The summed E-state index contributed by atoms with van der Waals surface area (Å²) < 4.78 is 5.44. The Morgan fingerprint density at radius 2 is 1.67 bits per heavy atom. The van der Waals surface area contributed by atoms with Crippen molar-refractivity contribution in [1.29, 1.82) is 0 Å². The molecule has 1 aliphatic heterocycles. The van der Waals surface area contributed by atoms with Gasteiger partial charge in [-0.05, 0) is 40.8 Å². The first-order valence-corrected chi connectivity index (χ1v) is 11.8. The highest BCUT2D eigenvalue weighted by Crippen LogP contribution is 2.15. The van der Waals surface area contributed by atoms with Gasteiger partial charge >= 0.3 is 0 Å². The molecular weight excluding hydrogens is 434 g/mol. The van der Waals surface area contributed by atoms with Crippen molar-refractivity contribution in [2.45, 2.75) is 13.1 Å². The fourth-order valence-electron chi connectivity index (χ4n) is 3.61. The number of carbonyl (C=O) groups excluding carboxylic acids is 2. The maximum absolute atomic E-state index is 13.1. The van der Waals surface area contributed by atoms with E-state index in [4.69, 9.17) is 4.74 Å². The van der Waals surface area contributed by atoms with Crippen LogP contribution in [0.5, 0.6) is 0 Å². The number of carbonyl (C=O) groups is 2. The lowest BCUT2D eigenvalue weighted by molar-refractivity contribution is -0.117. The van der Waals surface area contributed by atoms with E-state index in [2.05, 4.69) is 21.6 Å². The molecule has 170 valence electrons. The summed E-state index contributed by atoms with van der Waals surface area (Å²) in [4.78, 5) is 29.0. The zero-order chi connectivity index (χ0) is 22.9.